The molecule has 1 atom stereocenters. The predicted octanol–water partition coefficient (Wildman–Crippen LogP) is 1.32. The normalized spacial score (nSPS) is 12.3. The van der Waals surface area contributed by atoms with Gasteiger partial charge in [0.1, 0.15) is 17.9 Å². The van der Waals surface area contributed by atoms with Crippen molar-refractivity contribution in [1.82, 2.24) is 14.8 Å². The van der Waals surface area contributed by atoms with E-state index in [1.54, 1.807) is 11.8 Å². The van der Waals surface area contributed by atoms with Gasteiger partial charge in [0.2, 0.25) is 0 Å². The van der Waals surface area contributed by atoms with Crippen molar-refractivity contribution < 1.29 is 8.95 Å². The fourth-order valence-electron chi connectivity index (χ4n) is 1.69. The van der Waals surface area contributed by atoms with Crippen LogP contribution in [0.1, 0.15) is 11.4 Å². The van der Waals surface area contributed by atoms with Gasteiger partial charge in [-0.25, -0.2) is 4.98 Å². The standard InChI is InChI=1S/C13H17N3O2S/c1-16-13(14-10-15-16)9-19(17)8-7-11-3-5-12(18-2)6-4-11/h3-6,10H,7-9H2,1-2H3. The number of rotatable bonds is 6. The Balaban J connectivity index is 1.84. The molecule has 6 heteroatoms. The van der Waals surface area contributed by atoms with Gasteiger partial charge >= 0.3 is 0 Å². The Morgan fingerprint density at radius 3 is 2.63 bits per heavy atom. The quantitative estimate of drug-likeness (QED) is 0.800. The molecule has 0 aliphatic rings. The molecule has 0 saturated heterocycles. The largest absolute Gasteiger partial charge is 0.497 e. The second-order valence-electron chi connectivity index (χ2n) is 4.19. The summed E-state index contributed by atoms with van der Waals surface area (Å²) in [5, 5.41) is 3.96. The SMILES string of the molecule is COc1ccc(CCS(=O)Cc2ncnn2C)cc1. The molecule has 5 nitrogen and oxygen atoms in total. The Morgan fingerprint density at radius 2 is 2.05 bits per heavy atom. The van der Waals surface area contributed by atoms with Crippen molar-refractivity contribution in [2.24, 2.45) is 7.05 Å². The summed E-state index contributed by atoms with van der Waals surface area (Å²) in [6, 6.07) is 7.83. The van der Waals surface area contributed by atoms with Crippen LogP contribution >= 0.6 is 0 Å². The van der Waals surface area contributed by atoms with E-state index in [0.29, 0.717) is 11.5 Å². The number of aryl methyl sites for hydroxylation is 2. The van der Waals surface area contributed by atoms with Gasteiger partial charge in [0.25, 0.3) is 0 Å². The van der Waals surface area contributed by atoms with Crippen LogP contribution in [-0.4, -0.2) is 31.8 Å². The smallest absolute Gasteiger partial charge is 0.139 e. The molecule has 0 radical (unpaired) electrons. The van der Waals surface area contributed by atoms with Crippen LogP contribution in [0.25, 0.3) is 0 Å². The lowest BCUT2D eigenvalue weighted by Gasteiger charge is -2.04. The van der Waals surface area contributed by atoms with Gasteiger partial charge in [-0.05, 0) is 24.1 Å². The maximum Gasteiger partial charge on any atom is 0.139 e. The highest BCUT2D eigenvalue weighted by molar-refractivity contribution is 7.84. The third-order valence-corrected chi connectivity index (χ3v) is 4.11. The fourth-order valence-corrected chi connectivity index (χ4v) is 2.85. The summed E-state index contributed by atoms with van der Waals surface area (Å²) >= 11 is 0. The summed E-state index contributed by atoms with van der Waals surface area (Å²) in [5.41, 5.74) is 1.16. The first-order valence-electron chi connectivity index (χ1n) is 6.00. The minimum absolute atomic E-state index is 0.451. The first-order chi connectivity index (χ1) is 9.19. The lowest BCUT2D eigenvalue weighted by molar-refractivity contribution is 0.414. The molecule has 0 N–H and O–H groups in total. The van der Waals surface area contributed by atoms with Gasteiger partial charge in [0.05, 0.1) is 12.9 Å². The molecular formula is C13H17N3O2S. The molecule has 2 aromatic rings. The Bertz CT molecular complexity index is 551. The van der Waals surface area contributed by atoms with E-state index in [-0.39, 0.29) is 0 Å². The van der Waals surface area contributed by atoms with Crippen molar-refractivity contribution in [1.29, 1.82) is 0 Å². The average Bonchev–Trinajstić information content (AvgIpc) is 2.82. The highest BCUT2D eigenvalue weighted by atomic mass is 32.2. The predicted molar refractivity (Wildman–Crippen MR) is 74.4 cm³/mol. The van der Waals surface area contributed by atoms with E-state index in [1.807, 2.05) is 31.3 Å². The van der Waals surface area contributed by atoms with Crippen LogP contribution < -0.4 is 4.74 Å². The number of ether oxygens (including phenoxy) is 1. The summed E-state index contributed by atoms with van der Waals surface area (Å²) in [4.78, 5) is 4.08. The lowest BCUT2D eigenvalue weighted by Crippen LogP contribution is -2.08. The zero-order chi connectivity index (χ0) is 13.7. The van der Waals surface area contributed by atoms with Gasteiger partial charge in [-0.3, -0.25) is 8.89 Å². The molecule has 0 fully saturated rings. The highest BCUT2D eigenvalue weighted by Crippen LogP contribution is 2.12. The van der Waals surface area contributed by atoms with E-state index >= 15 is 0 Å². The zero-order valence-electron chi connectivity index (χ0n) is 11.1. The third kappa shape index (κ3) is 3.89. The van der Waals surface area contributed by atoms with Crippen molar-refractivity contribution in [2.45, 2.75) is 12.2 Å². The van der Waals surface area contributed by atoms with Crippen molar-refractivity contribution in [3.63, 3.8) is 0 Å². The number of aromatic nitrogens is 3. The molecule has 1 aromatic carbocycles. The molecule has 0 spiro atoms. The van der Waals surface area contributed by atoms with Gasteiger partial charge in [-0.15, -0.1) is 0 Å². The highest BCUT2D eigenvalue weighted by Gasteiger charge is 2.07. The van der Waals surface area contributed by atoms with Crippen LogP contribution in [0.5, 0.6) is 5.75 Å². The molecular weight excluding hydrogens is 262 g/mol. The third-order valence-electron chi connectivity index (χ3n) is 2.87. The van der Waals surface area contributed by atoms with E-state index in [9.17, 15) is 4.21 Å². The van der Waals surface area contributed by atoms with Gasteiger partial charge in [-0.2, -0.15) is 5.10 Å². The monoisotopic (exact) mass is 279 g/mol. The van der Waals surface area contributed by atoms with Crippen LogP contribution in [0, 0.1) is 0 Å². The molecule has 1 unspecified atom stereocenters. The molecule has 19 heavy (non-hydrogen) atoms. The van der Waals surface area contributed by atoms with Crippen LogP contribution in [0.2, 0.25) is 0 Å². The molecule has 0 aliphatic heterocycles. The number of methoxy groups -OCH3 is 1. The Kier molecular flexibility index (Phi) is 4.68. The van der Waals surface area contributed by atoms with E-state index in [0.717, 1.165) is 23.6 Å². The summed E-state index contributed by atoms with van der Waals surface area (Å²) in [6.07, 6.45) is 2.27. The maximum atomic E-state index is 12.0. The van der Waals surface area contributed by atoms with Crippen molar-refractivity contribution >= 4 is 10.8 Å². The molecule has 0 bridgehead atoms. The molecule has 0 amide bonds. The first kappa shape index (κ1) is 13.7. The molecule has 1 heterocycles. The van der Waals surface area contributed by atoms with E-state index in [1.165, 1.54) is 6.33 Å². The molecule has 0 saturated carbocycles. The van der Waals surface area contributed by atoms with Crippen molar-refractivity contribution in [3.05, 3.63) is 42.0 Å². The Hall–Kier alpha value is -1.69. The van der Waals surface area contributed by atoms with E-state index in [4.69, 9.17) is 4.74 Å². The topological polar surface area (TPSA) is 57.0 Å². The number of nitrogens with zero attached hydrogens (tertiary/aromatic N) is 3. The summed E-state index contributed by atoms with van der Waals surface area (Å²) < 4.78 is 18.7. The number of hydrogen-bond acceptors (Lipinski definition) is 4. The second kappa shape index (κ2) is 6.47. The first-order valence-corrected chi connectivity index (χ1v) is 7.48. The van der Waals surface area contributed by atoms with Crippen LogP contribution in [0.15, 0.2) is 30.6 Å². The lowest BCUT2D eigenvalue weighted by atomic mass is 10.2. The number of hydrogen-bond donors (Lipinski definition) is 0. The molecule has 2 rings (SSSR count). The summed E-state index contributed by atoms with van der Waals surface area (Å²) in [7, 11) is 2.53. The molecule has 102 valence electrons. The van der Waals surface area contributed by atoms with Crippen molar-refractivity contribution in [2.75, 3.05) is 12.9 Å². The van der Waals surface area contributed by atoms with Crippen LogP contribution in [0.4, 0.5) is 0 Å². The molecule has 1 aromatic heterocycles. The maximum absolute atomic E-state index is 12.0. The van der Waals surface area contributed by atoms with Gasteiger partial charge in [0, 0.05) is 23.6 Å². The van der Waals surface area contributed by atoms with Crippen LogP contribution in [-0.2, 0) is 30.0 Å². The molecule has 0 aliphatic carbocycles. The van der Waals surface area contributed by atoms with Gasteiger partial charge < -0.3 is 4.74 Å². The second-order valence-corrected chi connectivity index (χ2v) is 5.76. The Morgan fingerprint density at radius 1 is 1.32 bits per heavy atom. The zero-order valence-corrected chi connectivity index (χ0v) is 11.9. The van der Waals surface area contributed by atoms with Crippen LogP contribution in [0.3, 0.4) is 0 Å². The fraction of sp³-hybridized carbons (Fsp3) is 0.385. The summed E-state index contributed by atoms with van der Waals surface area (Å²) in [6.45, 7) is 0. The average molecular weight is 279 g/mol. The summed E-state index contributed by atoms with van der Waals surface area (Å²) in [5.74, 6) is 2.67. The van der Waals surface area contributed by atoms with Gasteiger partial charge in [0.15, 0.2) is 0 Å². The van der Waals surface area contributed by atoms with E-state index < -0.39 is 10.8 Å². The number of benzene rings is 1. The minimum Gasteiger partial charge on any atom is -0.497 e. The van der Waals surface area contributed by atoms with Gasteiger partial charge in [-0.1, -0.05) is 12.1 Å². The minimum atomic E-state index is -0.922. The van der Waals surface area contributed by atoms with E-state index in [2.05, 4.69) is 10.1 Å². The Labute approximate surface area is 115 Å². The van der Waals surface area contributed by atoms with Crippen molar-refractivity contribution in [3.8, 4) is 5.75 Å².